The summed E-state index contributed by atoms with van der Waals surface area (Å²) in [6.45, 7) is 11.3. The summed E-state index contributed by atoms with van der Waals surface area (Å²) in [6.07, 6.45) is 1.13. The van der Waals surface area contributed by atoms with E-state index in [9.17, 15) is 0 Å². The highest BCUT2D eigenvalue weighted by Gasteiger charge is 2.17. The Kier molecular flexibility index (Phi) is 5.04. The van der Waals surface area contributed by atoms with Gasteiger partial charge in [0.2, 0.25) is 0 Å². The van der Waals surface area contributed by atoms with Crippen LogP contribution >= 0.6 is 15.9 Å². The van der Waals surface area contributed by atoms with Crippen LogP contribution in [0.3, 0.4) is 0 Å². The summed E-state index contributed by atoms with van der Waals surface area (Å²) in [5.41, 5.74) is 4.22. The molecule has 0 aliphatic carbocycles. The van der Waals surface area contributed by atoms with Crippen LogP contribution in [0.2, 0.25) is 0 Å². The molecule has 1 aromatic carbocycles. The lowest BCUT2D eigenvalue weighted by Crippen LogP contribution is -2.19. The minimum Gasteiger partial charge on any atom is -0.0884 e. The number of benzene rings is 1. The Morgan fingerprint density at radius 1 is 1.06 bits per heavy atom. The fourth-order valence-electron chi connectivity index (χ4n) is 1.76. The predicted molar refractivity (Wildman–Crippen MR) is 76.3 cm³/mol. The molecule has 0 spiro atoms. The molecule has 2 unspecified atom stereocenters. The molecule has 0 saturated heterocycles. The van der Waals surface area contributed by atoms with E-state index in [0.29, 0.717) is 10.7 Å². The summed E-state index contributed by atoms with van der Waals surface area (Å²) in [5.74, 6) is 1.44. The van der Waals surface area contributed by atoms with Crippen molar-refractivity contribution in [3.8, 4) is 0 Å². The van der Waals surface area contributed by atoms with Crippen molar-refractivity contribution in [1.82, 2.24) is 0 Å². The Balaban J connectivity index is 2.69. The smallest absolute Gasteiger partial charge is 0.0214 e. The lowest BCUT2D eigenvalue weighted by Gasteiger charge is -2.22. The highest BCUT2D eigenvalue weighted by atomic mass is 79.9. The van der Waals surface area contributed by atoms with Crippen LogP contribution in [0.4, 0.5) is 0 Å². The fraction of sp³-hybridized carbons (Fsp3) is 0.600. The second-order valence-corrected chi connectivity index (χ2v) is 6.42. The van der Waals surface area contributed by atoms with E-state index >= 15 is 0 Å². The zero-order valence-corrected chi connectivity index (χ0v) is 12.6. The van der Waals surface area contributed by atoms with Crippen LogP contribution in [0.5, 0.6) is 0 Å². The van der Waals surface area contributed by atoms with E-state index in [-0.39, 0.29) is 0 Å². The first-order chi connectivity index (χ1) is 7.41. The van der Waals surface area contributed by atoms with Gasteiger partial charge in [0.05, 0.1) is 0 Å². The summed E-state index contributed by atoms with van der Waals surface area (Å²) < 4.78 is 0. The van der Waals surface area contributed by atoms with Crippen molar-refractivity contribution in [2.75, 3.05) is 0 Å². The lowest BCUT2D eigenvalue weighted by atomic mass is 9.91. The average Bonchev–Trinajstić information content (AvgIpc) is 2.22. The number of alkyl halides is 1. The third kappa shape index (κ3) is 3.62. The maximum absolute atomic E-state index is 3.82. The first kappa shape index (κ1) is 13.8. The fourth-order valence-corrected chi connectivity index (χ4v) is 2.74. The molecule has 0 aromatic heterocycles. The maximum atomic E-state index is 3.82. The minimum absolute atomic E-state index is 0.578. The van der Waals surface area contributed by atoms with Crippen LogP contribution in [0, 0.1) is 25.7 Å². The lowest BCUT2D eigenvalue weighted by molar-refractivity contribution is 0.407. The third-order valence-corrected chi connectivity index (χ3v) is 4.78. The first-order valence-corrected chi connectivity index (χ1v) is 7.03. The van der Waals surface area contributed by atoms with Crippen LogP contribution < -0.4 is 0 Å². The number of rotatable bonds is 4. The van der Waals surface area contributed by atoms with E-state index in [4.69, 9.17) is 0 Å². The zero-order chi connectivity index (χ0) is 12.3. The van der Waals surface area contributed by atoms with Gasteiger partial charge < -0.3 is 0 Å². The molecule has 0 fully saturated rings. The molecule has 16 heavy (non-hydrogen) atoms. The predicted octanol–water partition coefficient (Wildman–Crippen LogP) is 4.90. The molecule has 0 aliphatic rings. The first-order valence-electron chi connectivity index (χ1n) is 6.12. The van der Waals surface area contributed by atoms with Crippen molar-refractivity contribution in [1.29, 1.82) is 0 Å². The molecule has 0 radical (unpaired) electrons. The number of halogens is 1. The van der Waals surface area contributed by atoms with E-state index in [2.05, 4.69) is 68.7 Å². The molecule has 0 amide bonds. The van der Waals surface area contributed by atoms with E-state index in [1.165, 1.54) is 16.7 Å². The summed E-state index contributed by atoms with van der Waals surface area (Å²) >= 11 is 3.82. The average molecular weight is 283 g/mol. The minimum atomic E-state index is 0.578. The molecule has 0 bridgehead atoms. The third-order valence-electron chi connectivity index (χ3n) is 3.62. The van der Waals surface area contributed by atoms with E-state index in [1.54, 1.807) is 0 Å². The van der Waals surface area contributed by atoms with Crippen molar-refractivity contribution >= 4 is 15.9 Å². The van der Waals surface area contributed by atoms with Gasteiger partial charge in [0, 0.05) is 4.83 Å². The number of hydrogen-bond donors (Lipinski definition) is 0. The van der Waals surface area contributed by atoms with Crippen LogP contribution in [-0.2, 0) is 6.42 Å². The van der Waals surface area contributed by atoms with Gasteiger partial charge in [-0.1, -0.05) is 54.9 Å². The van der Waals surface area contributed by atoms with Gasteiger partial charge in [0.15, 0.2) is 0 Å². The van der Waals surface area contributed by atoms with Gasteiger partial charge in [-0.05, 0) is 48.8 Å². The molecule has 2 atom stereocenters. The van der Waals surface area contributed by atoms with Gasteiger partial charge in [0.1, 0.15) is 0 Å². The summed E-state index contributed by atoms with van der Waals surface area (Å²) in [4.78, 5) is 0.578. The molecule has 0 saturated carbocycles. The van der Waals surface area contributed by atoms with Gasteiger partial charge in [-0.25, -0.2) is 0 Å². The Hall–Kier alpha value is -0.300. The molecule has 0 N–H and O–H groups in total. The summed E-state index contributed by atoms with van der Waals surface area (Å²) in [5, 5.41) is 0. The number of aryl methyl sites for hydroxylation is 2. The second-order valence-electron chi connectivity index (χ2n) is 5.24. The van der Waals surface area contributed by atoms with Gasteiger partial charge in [-0.3, -0.25) is 0 Å². The number of hydrogen-bond acceptors (Lipinski definition) is 0. The molecule has 1 rings (SSSR count). The second kappa shape index (κ2) is 5.86. The molecule has 1 aromatic rings. The highest BCUT2D eigenvalue weighted by molar-refractivity contribution is 9.09. The molecular weight excluding hydrogens is 260 g/mol. The van der Waals surface area contributed by atoms with Crippen molar-refractivity contribution in [2.45, 2.75) is 45.9 Å². The zero-order valence-electron chi connectivity index (χ0n) is 11.0. The van der Waals surface area contributed by atoms with Crippen LogP contribution in [0.25, 0.3) is 0 Å². The van der Waals surface area contributed by atoms with Crippen molar-refractivity contribution in [2.24, 2.45) is 11.8 Å². The summed E-state index contributed by atoms with van der Waals surface area (Å²) in [6, 6.07) is 6.80. The normalized spacial score (nSPS) is 15.2. The van der Waals surface area contributed by atoms with Crippen molar-refractivity contribution in [3.05, 3.63) is 34.9 Å². The van der Waals surface area contributed by atoms with Crippen molar-refractivity contribution in [3.63, 3.8) is 0 Å². The highest BCUT2D eigenvalue weighted by Crippen LogP contribution is 2.25. The largest absolute Gasteiger partial charge is 0.0884 e. The molecule has 90 valence electrons. The van der Waals surface area contributed by atoms with E-state index < -0.39 is 0 Å². The van der Waals surface area contributed by atoms with Gasteiger partial charge in [-0.2, -0.15) is 0 Å². The summed E-state index contributed by atoms with van der Waals surface area (Å²) in [7, 11) is 0. The molecule has 0 heterocycles. The van der Waals surface area contributed by atoms with Crippen LogP contribution in [0.1, 0.15) is 37.5 Å². The maximum Gasteiger partial charge on any atom is 0.0214 e. The van der Waals surface area contributed by atoms with Gasteiger partial charge in [0.25, 0.3) is 0 Å². The van der Waals surface area contributed by atoms with E-state index in [0.717, 1.165) is 12.3 Å². The molecule has 1 heteroatoms. The Morgan fingerprint density at radius 3 is 2.19 bits per heavy atom. The molecule has 0 aliphatic heterocycles. The van der Waals surface area contributed by atoms with Crippen molar-refractivity contribution < 1.29 is 0 Å². The quantitative estimate of drug-likeness (QED) is 0.689. The topological polar surface area (TPSA) is 0 Å². The van der Waals surface area contributed by atoms with E-state index in [1.807, 2.05) is 0 Å². The SMILES string of the molecule is Cc1ccc(CC(Br)C(C)C(C)C)cc1C. The van der Waals surface area contributed by atoms with Gasteiger partial charge in [-0.15, -0.1) is 0 Å². The Morgan fingerprint density at radius 2 is 1.69 bits per heavy atom. The van der Waals surface area contributed by atoms with Gasteiger partial charge >= 0.3 is 0 Å². The Bertz CT molecular complexity index is 341. The molecule has 0 nitrogen and oxygen atoms in total. The Labute approximate surface area is 109 Å². The monoisotopic (exact) mass is 282 g/mol. The van der Waals surface area contributed by atoms with Crippen LogP contribution in [-0.4, -0.2) is 4.83 Å². The standard InChI is InChI=1S/C15H23Br/c1-10(2)13(5)15(16)9-14-7-6-11(3)12(4)8-14/h6-8,10,13,15H,9H2,1-5H3. The van der Waals surface area contributed by atoms with Crippen LogP contribution in [0.15, 0.2) is 18.2 Å². The molecular formula is C15H23Br.